The number of carbonyl (C=O) groups is 1. The Bertz CT molecular complexity index is 1400. The van der Waals surface area contributed by atoms with Crippen LogP contribution in [0.5, 0.6) is 0 Å². The van der Waals surface area contributed by atoms with Crippen LogP contribution in [0.25, 0.3) is 0 Å². The maximum atomic E-state index is 13.7. The second-order valence-corrected chi connectivity index (χ2v) is 13.3. The second-order valence-electron chi connectivity index (χ2n) is 12.9. The maximum Gasteiger partial charge on any atom is 0.312 e. The molecule has 45 heavy (non-hydrogen) atoms. The minimum atomic E-state index is -0.835. The number of carbonyl (C=O) groups excluding carboxylic acids is 1. The summed E-state index contributed by atoms with van der Waals surface area (Å²) < 4.78 is 8.06. The Labute approximate surface area is 274 Å². The van der Waals surface area contributed by atoms with Crippen molar-refractivity contribution >= 4 is 17.6 Å². The number of benzene rings is 2. The van der Waals surface area contributed by atoms with Crippen molar-refractivity contribution in [3.05, 3.63) is 100 Å². The van der Waals surface area contributed by atoms with Gasteiger partial charge in [-0.2, -0.15) is 0 Å². The Hall–Kier alpha value is -3.33. The van der Waals surface area contributed by atoms with E-state index in [2.05, 4.69) is 22.5 Å². The van der Waals surface area contributed by atoms with E-state index in [4.69, 9.17) is 32.9 Å². The van der Waals surface area contributed by atoms with Crippen LogP contribution in [0.3, 0.4) is 0 Å². The average Bonchev–Trinajstić information content (AvgIpc) is 3.48. The van der Waals surface area contributed by atoms with Gasteiger partial charge < -0.3 is 20.0 Å². The molecule has 0 amide bonds. The number of hydrogen-bond donors (Lipinski definition) is 2. The molecule has 1 aliphatic rings. The van der Waals surface area contributed by atoms with Crippen LogP contribution in [0.15, 0.2) is 72.8 Å². The Kier molecular flexibility index (Phi) is 12.5. The third-order valence-corrected chi connectivity index (χ3v) is 9.66. The summed E-state index contributed by atoms with van der Waals surface area (Å²) in [5, 5.41) is 2.25. The van der Waals surface area contributed by atoms with Gasteiger partial charge in [0, 0.05) is 35.9 Å². The van der Waals surface area contributed by atoms with Gasteiger partial charge in [0.2, 0.25) is 0 Å². The molecule has 1 unspecified atom stereocenters. The second kappa shape index (κ2) is 16.3. The van der Waals surface area contributed by atoms with Crippen molar-refractivity contribution in [2.24, 2.45) is 22.9 Å². The lowest BCUT2D eigenvalue weighted by Crippen LogP contribution is -2.34. The van der Waals surface area contributed by atoms with Crippen LogP contribution < -0.4 is 11.6 Å². The number of halogens is 1. The number of imidazole rings is 1. The van der Waals surface area contributed by atoms with E-state index in [-0.39, 0.29) is 18.5 Å². The summed E-state index contributed by atoms with van der Waals surface area (Å²) >= 11 is 6.80. The molecule has 1 fully saturated rings. The summed E-state index contributed by atoms with van der Waals surface area (Å²) in [5.41, 5.74) is 9.16. The van der Waals surface area contributed by atoms with Gasteiger partial charge in [0.1, 0.15) is 12.4 Å². The molecular formula is C36H51ClN6O2. The van der Waals surface area contributed by atoms with Gasteiger partial charge in [0.25, 0.3) is 0 Å². The summed E-state index contributed by atoms with van der Waals surface area (Å²) in [7, 11) is 0. The fraction of sp³-hybridized carbons (Fsp3) is 0.500. The lowest BCUT2D eigenvalue weighted by Gasteiger charge is -2.33. The number of rotatable bonds is 15. The first-order chi connectivity index (χ1) is 21.6. The smallest absolute Gasteiger partial charge is 0.312 e. The molecule has 9 heteroatoms. The molecule has 0 spiro atoms. The van der Waals surface area contributed by atoms with Crippen LogP contribution in [0.4, 0.5) is 0 Å². The van der Waals surface area contributed by atoms with Gasteiger partial charge in [-0.15, -0.1) is 0 Å². The fourth-order valence-corrected chi connectivity index (χ4v) is 6.36. The Morgan fingerprint density at radius 1 is 1.16 bits per heavy atom. The zero-order chi connectivity index (χ0) is 32.4. The highest BCUT2D eigenvalue weighted by atomic mass is 35.5. The van der Waals surface area contributed by atoms with E-state index in [0.717, 1.165) is 48.1 Å². The molecule has 4 N–H and O–H groups in total. The van der Waals surface area contributed by atoms with Crippen molar-refractivity contribution in [3.63, 3.8) is 0 Å². The standard InChI is InChI=1S/C36H51ClN6O2/c1-5-27-16-19-41(20-17-27)25-34-40-18-21-42(34)23-30-22-29(12-15-33(30)37)32(14-13-31(38)24-43(39)6-2)36(3,4)35(44)45-26-28-10-8-7-9-11-28/h7-12,15,18,21-22,24,27,32H,5-6,13-14,16-17,19-20,23,25-26,38-39H2,1-4H3/b31-24-. The average molecular weight is 635 g/mol. The van der Waals surface area contributed by atoms with Gasteiger partial charge in [-0.1, -0.05) is 67.4 Å². The van der Waals surface area contributed by atoms with E-state index in [1.165, 1.54) is 19.3 Å². The zero-order valence-electron chi connectivity index (χ0n) is 27.4. The molecule has 2 heterocycles. The zero-order valence-corrected chi connectivity index (χ0v) is 28.2. The minimum Gasteiger partial charge on any atom is -0.460 e. The number of nitrogens with two attached hydrogens (primary N) is 2. The predicted octanol–water partition coefficient (Wildman–Crippen LogP) is 6.84. The summed E-state index contributed by atoms with van der Waals surface area (Å²) in [6, 6.07) is 15.8. The first-order valence-corrected chi connectivity index (χ1v) is 16.7. The number of piperidine rings is 1. The number of aromatic nitrogens is 2. The van der Waals surface area contributed by atoms with Crippen LogP contribution in [-0.2, 0) is 29.2 Å². The number of hydrazine groups is 1. The lowest BCUT2D eigenvalue weighted by atomic mass is 9.72. The van der Waals surface area contributed by atoms with E-state index >= 15 is 0 Å². The monoisotopic (exact) mass is 634 g/mol. The largest absolute Gasteiger partial charge is 0.460 e. The van der Waals surface area contributed by atoms with Crippen molar-refractivity contribution in [3.8, 4) is 0 Å². The molecule has 1 aliphatic heterocycles. The lowest BCUT2D eigenvalue weighted by molar-refractivity contribution is -0.156. The highest BCUT2D eigenvalue weighted by Gasteiger charge is 2.39. The highest BCUT2D eigenvalue weighted by molar-refractivity contribution is 6.31. The maximum absolute atomic E-state index is 13.7. The van der Waals surface area contributed by atoms with E-state index in [0.29, 0.717) is 36.7 Å². The van der Waals surface area contributed by atoms with E-state index in [1.807, 2.05) is 75.6 Å². The SMILES string of the molecule is CCC1CCN(Cc2nccn2Cc2cc(C(CC/C(N)=C/N(N)CC)C(C)(C)C(=O)OCc3ccccc3)ccc2Cl)CC1. The van der Waals surface area contributed by atoms with Crippen LogP contribution in [0, 0.1) is 11.3 Å². The number of likely N-dealkylation sites (tertiary alicyclic amines) is 1. The summed E-state index contributed by atoms with van der Waals surface area (Å²) in [5.74, 6) is 7.41. The molecule has 1 saturated heterocycles. The minimum absolute atomic E-state index is 0.182. The quantitative estimate of drug-likeness (QED) is 0.107. The molecule has 2 aromatic carbocycles. The summed E-state index contributed by atoms with van der Waals surface area (Å²) in [6.07, 6.45) is 10.6. The normalized spacial score (nSPS) is 15.6. The molecule has 244 valence electrons. The molecule has 4 rings (SSSR count). The molecule has 0 aliphatic carbocycles. The third-order valence-electron chi connectivity index (χ3n) is 9.29. The summed E-state index contributed by atoms with van der Waals surface area (Å²) in [6.45, 7) is 12.7. The molecule has 0 radical (unpaired) electrons. The first kappa shape index (κ1) is 34.5. The number of nitrogens with zero attached hydrogens (tertiary/aromatic N) is 4. The van der Waals surface area contributed by atoms with Crippen molar-refractivity contribution in [1.82, 2.24) is 19.5 Å². The Morgan fingerprint density at radius 2 is 1.89 bits per heavy atom. The van der Waals surface area contributed by atoms with Gasteiger partial charge in [-0.05, 0) is 94.1 Å². The van der Waals surface area contributed by atoms with E-state index < -0.39 is 5.41 Å². The molecule has 0 saturated carbocycles. The molecule has 1 atom stereocenters. The molecule has 3 aromatic rings. The van der Waals surface area contributed by atoms with Crippen LogP contribution >= 0.6 is 11.6 Å². The molecular weight excluding hydrogens is 584 g/mol. The highest BCUT2D eigenvalue weighted by Crippen LogP contribution is 2.42. The van der Waals surface area contributed by atoms with Crippen LogP contribution in [0.1, 0.15) is 88.2 Å². The van der Waals surface area contributed by atoms with Crippen molar-refractivity contribution < 1.29 is 9.53 Å². The Morgan fingerprint density at radius 3 is 2.58 bits per heavy atom. The Balaban J connectivity index is 1.56. The third kappa shape index (κ3) is 9.58. The first-order valence-electron chi connectivity index (χ1n) is 16.3. The van der Waals surface area contributed by atoms with Crippen molar-refractivity contribution in [2.75, 3.05) is 19.6 Å². The van der Waals surface area contributed by atoms with Gasteiger partial charge in [0.05, 0.1) is 18.5 Å². The van der Waals surface area contributed by atoms with Crippen LogP contribution in [0.2, 0.25) is 5.02 Å². The predicted molar refractivity (Wildman–Crippen MR) is 182 cm³/mol. The topological polar surface area (TPSA) is 103 Å². The van der Waals surface area contributed by atoms with Crippen LogP contribution in [-0.4, -0.2) is 45.1 Å². The van der Waals surface area contributed by atoms with E-state index in [9.17, 15) is 4.79 Å². The van der Waals surface area contributed by atoms with Gasteiger partial charge in [0.15, 0.2) is 0 Å². The fourth-order valence-electron chi connectivity index (χ4n) is 6.18. The molecule has 8 nitrogen and oxygen atoms in total. The molecule has 0 bridgehead atoms. The molecule has 1 aromatic heterocycles. The van der Waals surface area contributed by atoms with Crippen molar-refractivity contribution in [1.29, 1.82) is 0 Å². The van der Waals surface area contributed by atoms with E-state index in [1.54, 1.807) is 11.2 Å². The van der Waals surface area contributed by atoms with Gasteiger partial charge >= 0.3 is 5.97 Å². The van der Waals surface area contributed by atoms with Gasteiger partial charge in [-0.25, -0.2) is 10.8 Å². The number of ether oxygens (including phenoxy) is 1. The number of esters is 1. The van der Waals surface area contributed by atoms with Crippen molar-refractivity contribution in [2.45, 2.75) is 85.4 Å². The van der Waals surface area contributed by atoms with Gasteiger partial charge in [-0.3, -0.25) is 9.69 Å². The summed E-state index contributed by atoms with van der Waals surface area (Å²) in [4.78, 5) is 20.9. The number of hydrogen-bond acceptors (Lipinski definition) is 7. The number of allylic oxidation sites excluding steroid dienone is 1.